The minimum Gasteiger partial charge on any atom is -0.478 e. The number of benzene rings is 1. The number of fused-ring (bicyclic) bond motifs is 1. The monoisotopic (exact) mass is 241 g/mol. The van der Waals surface area contributed by atoms with Gasteiger partial charge in [0.2, 0.25) is 0 Å². The molecule has 3 nitrogen and oxygen atoms in total. The van der Waals surface area contributed by atoms with Gasteiger partial charge in [-0.25, -0.2) is 4.79 Å². The van der Waals surface area contributed by atoms with Crippen LogP contribution in [-0.4, -0.2) is 16.1 Å². The van der Waals surface area contributed by atoms with Crippen molar-refractivity contribution in [3.05, 3.63) is 41.6 Å². The molecule has 6 heteroatoms. The van der Waals surface area contributed by atoms with Crippen LogP contribution in [0.25, 0.3) is 10.9 Å². The van der Waals surface area contributed by atoms with Crippen LogP contribution in [0.1, 0.15) is 15.9 Å². The average molecular weight is 241 g/mol. The fourth-order valence-corrected chi connectivity index (χ4v) is 1.51. The molecule has 0 saturated carbocycles. The summed E-state index contributed by atoms with van der Waals surface area (Å²) >= 11 is 0. The molecule has 0 aliphatic carbocycles. The van der Waals surface area contributed by atoms with Crippen LogP contribution in [0.4, 0.5) is 13.2 Å². The Morgan fingerprint density at radius 3 is 2.59 bits per heavy atom. The van der Waals surface area contributed by atoms with E-state index in [0.717, 1.165) is 12.3 Å². The minimum absolute atomic E-state index is 0.142. The highest BCUT2D eigenvalue weighted by Gasteiger charge is 2.33. The van der Waals surface area contributed by atoms with E-state index in [1.54, 1.807) is 0 Å². The minimum atomic E-state index is -4.50. The fourth-order valence-electron chi connectivity index (χ4n) is 1.51. The molecule has 0 aliphatic rings. The van der Waals surface area contributed by atoms with E-state index in [4.69, 9.17) is 5.11 Å². The second-order valence-corrected chi connectivity index (χ2v) is 3.40. The van der Waals surface area contributed by atoms with Crippen LogP contribution in [0.3, 0.4) is 0 Å². The smallest absolute Gasteiger partial charge is 0.418 e. The van der Waals surface area contributed by atoms with Gasteiger partial charge in [-0.05, 0) is 12.1 Å². The molecule has 88 valence electrons. The lowest BCUT2D eigenvalue weighted by molar-refractivity contribution is -0.136. The molecule has 0 atom stereocenters. The van der Waals surface area contributed by atoms with Gasteiger partial charge < -0.3 is 5.11 Å². The van der Waals surface area contributed by atoms with Crippen molar-refractivity contribution in [3.8, 4) is 0 Å². The molecular formula is C11H6F3NO2. The van der Waals surface area contributed by atoms with E-state index in [2.05, 4.69) is 4.98 Å². The Hall–Kier alpha value is -2.11. The SMILES string of the molecule is O=C(O)c1cnc2c(C(F)(F)F)cccc2c1. The molecule has 1 aromatic carbocycles. The highest BCUT2D eigenvalue weighted by atomic mass is 19.4. The number of carboxylic acid groups (broad SMARTS) is 1. The summed E-state index contributed by atoms with van der Waals surface area (Å²) in [5.74, 6) is -1.23. The second-order valence-electron chi connectivity index (χ2n) is 3.40. The van der Waals surface area contributed by atoms with E-state index in [9.17, 15) is 18.0 Å². The number of carboxylic acids is 1. The highest BCUT2D eigenvalue weighted by molar-refractivity contribution is 5.93. The van der Waals surface area contributed by atoms with Gasteiger partial charge in [-0.15, -0.1) is 0 Å². The zero-order valence-corrected chi connectivity index (χ0v) is 8.32. The van der Waals surface area contributed by atoms with Crippen molar-refractivity contribution in [1.29, 1.82) is 0 Å². The number of carbonyl (C=O) groups is 1. The number of alkyl halides is 3. The summed E-state index contributed by atoms with van der Waals surface area (Å²) in [6.07, 6.45) is -3.59. The topological polar surface area (TPSA) is 50.2 Å². The second kappa shape index (κ2) is 3.73. The first kappa shape index (κ1) is 11.4. The van der Waals surface area contributed by atoms with Crippen molar-refractivity contribution in [3.63, 3.8) is 0 Å². The molecule has 1 heterocycles. The van der Waals surface area contributed by atoms with Crippen LogP contribution in [0.5, 0.6) is 0 Å². The Kier molecular flexibility index (Phi) is 2.49. The van der Waals surface area contributed by atoms with Crippen LogP contribution < -0.4 is 0 Å². The van der Waals surface area contributed by atoms with Crippen molar-refractivity contribution in [2.24, 2.45) is 0 Å². The summed E-state index contributed by atoms with van der Waals surface area (Å²) in [5.41, 5.74) is -1.26. The molecule has 0 aliphatic heterocycles. The number of hydrogen-bond acceptors (Lipinski definition) is 2. The van der Waals surface area contributed by atoms with Crippen molar-refractivity contribution in [1.82, 2.24) is 4.98 Å². The van der Waals surface area contributed by atoms with E-state index in [1.807, 2.05) is 0 Å². The van der Waals surface area contributed by atoms with Gasteiger partial charge in [-0.3, -0.25) is 4.98 Å². The van der Waals surface area contributed by atoms with Gasteiger partial charge in [0, 0.05) is 11.6 Å². The van der Waals surface area contributed by atoms with Crippen molar-refractivity contribution < 1.29 is 23.1 Å². The largest absolute Gasteiger partial charge is 0.478 e. The van der Waals surface area contributed by atoms with E-state index < -0.39 is 17.7 Å². The van der Waals surface area contributed by atoms with Crippen LogP contribution >= 0.6 is 0 Å². The lowest BCUT2D eigenvalue weighted by Gasteiger charge is -2.09. The average Bonchev–Trinajstić information content (AvgIpc) is 2.26. The number of halogens is 3. The van der Waals surface area contributed by atoms with Crippen molar-refractivity contribution in [2.45, 2.75) is 6.18 Å². The Balaban J connectivity index is 2.72. The third-order valence-corrected chi connectivity index (χ3v) is 2.26. The van der Waals surface area contributed by atoms with Gasteiger partial charge in [0.15, 0.2) is 0 Å². The molecular weight excluding hydrogens is 235 g/mol. The Morgan fingerprint density at radius 2 is 2.00 bits per heavy atom. The molecule has 1 aromatic heterocycles. The van der Waals surface area contributed by atoms with E-state index in [-0.39, 0.29) is 16.5 Å². The third-order valence-electron chi connectivity index (χ3n) is 2.26. The molecule has 17 heavy (non-hydrogen) atoms. The number of para-hydroxylation sites is 1. The predicted octanol–water partition coefficient (Wildman–Crippen LogP) is 2.95. The Labute approximate surface area is 93.5 Å². The van der Waals surface area contributed by atoms with Crippen LogP contribution in [0.2, 0.25) is 0 Å². The van der Waals surface area contributed by atoms with Crippen LogP contribution in [0, 0.1) is 0 Å². The van der Waals surface area contributed by atoms with Gasteiger partial charge in [-0.2, -0.15) is 13.2 Å². The molecule has 0 spiro atoms. The number of hydrogen-bond donors (Lipinski definition) is 1. The maximum absolute atomic E-state index is 12.6. The first-order chi connectivity index (χ1) is 7.89. The molecule has 1 N–H and O–H groups in total. The van der Waals surface area contributed by atoms with Gasteiger partial charge in [0.25, 0.3) is 0 Å². The quantitative estimate of drug-likeness (QED) is 0.835. The first-order valence-electron chi connectivity index (χ1n) is 4.59. The predicted molar refractivity (Wildman–Crippen MR) is 53.7 cm³/mol. The lowest BCUT2D eigenvalue weighted by atomic mass is 10.1. The van der Waals surface area contributed by atoms with Crippen molar-refractivity contribution in [2.75, 3.05) is 0 Å². The molecule has 0 radical (unpaired) electrons. The summed E-state index contributed by atoms with van der Waals surface area (Å²) in [6.45, 7) is 0. The molecule has 0 fully saturated rings. The number of aromatic carboxylic acids is 1. The van der Waals surface area contributed by atoms with Crippen LogP contribution in [0.15, 0.2) is 30.5 Å². The summed E-state index contributed by atoms with van der Waals surface area (Å²) in [5, 5.41) is 8.86. The summed E-state index contributed by atoms with van der Waals surface area (Å²) in [4.78, 5) is 14.2. The van der Waals surface area contributed by atoms with E-state index in [0.29, 0.717) is 0 Å². The Bertz CT molecular complexity index is 593. The maximum atomic E-state index is 12.6. The number of nitrogens with zero attached hydrogens (tertiary/aromatic N) is 1. The standard InChI is InChI=1S/C11H6F3NO2/c12-11(13,14)8-3-1-2-6-4-7(10(16)17)5-15-9(6)8/h1-5H,(H,16,17). The normalized spacial score (nSPS) is 11.7. The van der Waals surface area contributed by atoms with Crippen molar-refractivity contribution >= 4 is 16.9 Å². The maximum Gasteiger partial charge on any atom is 0.418 e. The van der Waals surface area contributed by atoms with Crippen LogP contribution in [-0.2, 0) is 6.18 Å². The summed E-state index contributed by atoms with van der Waals surface area (Å²) in [6, 6.07) is 4.69. The van der Waals surface area contributed by atoms with E-state index >= 15 is 0 Å². The number of pyridine rings is 1. The zero-order valence-electron chi connectivity index (χ0n) is 8.32. The number of aromatic nitrogens is 1. The Morgan fingerprint density at radius 1 is 1.29 bits per heavy atom. The zero-order chi connectivity index (χ0) is 12.6. The molecule has 0 saturated heterocycles. The molecule has 0 unspecified atom stereocenters. The van der Waals surface area contributed by atoms with E-state index in [1.165, 1.54) is 18.2 Å². The lowest BCUT2D eigenvalue weighted by Crippen LogP contribution is -2.07. The van der Waals surface area contributed by atoms with Gasteiger partial charge >= 0.3 is 12.1 Å². The highest BCUT2D eigenvalue weighted by Crippen LogP contribution is 2.33. The van der Waals surface area contributed by atoms with Gasteiger partial charge in [0.1, 0.15) is 0 Å². The summed E-state index contributed by atoms with van der Waals surface area (Å²) < 4.78 is 37.9. The van der Waals surface area contributed by atoms with Gasteiger partial charge in [0.05, 0.1) is 16.6 Å². The molecule has 2 rings (SSSR count). The third kappa shape index (κ3) is 2.06. The molecule has 0 bridgehead atoms. The summed E-state index contributed by atoms with van der Waals surface area (Å²) in [7, 11) is 0. The first-order valence-corrected chi connectivity index (χ1v) is 4.59. The fraction of sp³-hybridized carbons (Fsp3) is 0.0909. The molecule has 0 amide bonds. The van der Waals surface area contributed by atoms with Gasteiger partial charge in [-0.1, -0.05) is 12.1 Å². The number of rotatable bonds is 1. The molecule has 2 aromatic rings.